The Hall–Kier alpha value is -2.79. The molecule has 0 saturated heterocycles. The summed E-state index contributed by atoms with van der Waals surface area (Å²) < 4.78 is 0. The molecule has 5 nitrogen and oxygen atoms in total. The third kappa shape index (κ3) is 2.31. The molecule has 2 aromatic rings. The molecule has 1 atom stereocenters. The second-order valence-electron chi connectivity index (χ2n) is 5.01. The Labute approximate surface area is 126 Å². The highest BCUT2D eigenvalue weighted by molar-refractivity contribution is 6.21. The van der Waals surface area contributed by atoms with Crippen LogP contribution in [0.15, 0.2) is 54.6 Å². The summed E-state index contributed by atoms with van der Waals surface area (Å²) in [6.07, 6.45) is -1.44. The highest BCUT2D eigenvalue weighted by Gasteiger charge is 2.37. The minimum absolute atomic E-state index is 0.298. The molecule has 1 heterocycles. The van der Waals surface area contributed by atoms with E-state index >= 15 is 0 Å². The molecule has 0 aromatic heterocycles. The van der Waals surface area contributed by atoms with Gasteiger partial charge in [0.2, 0.25) is 0 Å². The molecule has 0 saturated carbocycles. The largest absolute Gasteiger partial charge is 0.383 e. The molecular weight excluding hydrogens is 282 g/mol. The molecule has 0 aliphatic carbocycles. The fraction of sp³-hybridized carbons (Fsp3) is 0.118. The summed E-state index contributed by atoms with van der Waals surface area (Å²) in [6.45, 7) is -0.347. The Morgan fingerprint density at radius 3 is 1.95 bits per heavy atom. The van der Waals surface area contributed by atoms with E-state index in [0.29, 0.717) is 16.7 Å². The van der Waals surface area contributed by atoms with Gasteiger partial charge < -0.3 is 5.11 Å². The standard InChI is InChI=1S/C17H13NO4/c19-14(15(20)11-6-2-1-3-7-11)10-18-16(21)12-8-4-5-9-13(12)17(18)22/h1-9,14,19H,10H2. The van der Waals surface area contributed by atoms with E-state index in [-0.39, 0.29) is 6.54 Å². The molecule has 0 radical (unpaired) electrons. The first-order valence-corrected chi connectivity index (χ1v) is 6.82. The minimum atomic E-state index is -1.44. The third-order valence-electron chi connectivity index (χ3n) is 3.59. The fourth-order valence-corrected chi connectivity index (χ4v) is 2.46. The van der Waals surface area contributed by atoms with Crippen molar-refractivity contribution in [3.8, 4) is 0 Å². The lowest BCUT2D eigenvalue weighted by Gasteiger charge is -2.17. The predicted molar refractivity (Wildman–Crippen MR) is 78.6 cm³/mol. The van der Waals surface area contributed by atoms with Crippen LogP contribution in [0.25, 0.3) is 0 Å². The van der Waals surface area contributed by atoms with Gasteiger partial charge in [-0.05, 0) is 12.1 Å². The molecule has 5 heteroatoms. The van der Waals surface area contributed by atoms with Gasteiger partial charge in [0.1, 0.15) is 6.10 Å². The second kappa shape index (κ2) is 5.54. The summed E-state index contributed by atoms with van der Waals surface area (Å²) in [5.41, 5.74) is 0.935. The molecule has 22 heavy (non-hydrogen) atoms. The monoisotopic (exact) mass is 295 g/mol. The average Bonchev–Trinajstić information content (AvgIpc) is 2.80. The zero-order chi connectivity index (χ0) is 15.7. The van der Waals surface area contributed by atoms with E-state index in [1.807, 2.05) is 0 Å². The summed E-state index contributed by atoms with van der Waals surface area (Å²) in [5, 5.41) is 10.1. The van der Waals surface area contributed by atoms with Crippen LogP contribution in [0.1, 0.15) is 31.1 Å². The van der Waals surface area contributed by atoms with Gasteiger partial charge >= 0.3 is 0 Å². The van der Waals surface area contributed by atoms with Crippen LogP contribution in [0, 0.1) is 0 Å². The summed E-state index contributed by atoms with van der Waals surface area (Å²) in [5.74, 6) is -1.49. The smallest absolute Gasteiger partial charge is 0.261 e. The number of imide groups is 1. The summed E-state index contributed by atoms with van der Waals surface area (Å²) in [4.78, 5) is 37.4. The Morgan fingerprint density at radius 1 is 0.909 bits per heavy atom. The van der Waals surface area contributed by atoms with Crippen molar-refractivity contribution in [2.75, 3.05) is 6.54 Å². The van der Waals surface area contributed by atoms with Crippen molar-refractivity contribution in [2.24, 2.45) is 0 Å². The highest BCUT2D eigenvalue weighted by atomic mass is 16.3. The third-order valence-corrected chi connectivity index (χ3v) is 3.59. The Kier molecular flexibility index (Phi) is 3.56. The Morgan fingerprint density at radius 2 is 1.41 bits per heavy atom. The van der Waals surface area contributed by atoms with Gasteiger partial charge in [-0.2, -0.15) is 0 Å². The maximum Gasteiger partial charge on any atom is 0.261 e. The van der Waals surface area contributed by atoms with Gasteiger partial charge in [-0.3, -0.25) is 19.3 Å². The van der Waals surface area contributed by atoms with Gasteiger partial charge in [0, 0.05) is 5.56 Å². The molecular formula is C17H13NO4. The number of carbonyl (C=O) groups is 3. The molecule has 0 spiro atoms. The van der Waals surface area contributed by atoms with E-state index in [1.165, 1.54) is 0 Å². The van der Waals surface area contributed by atoms with Gasteiger partial charge in [0.25, 0.3) is 11.8 Å². The van der Waals surface area contributed by atoms with Crippen LogP contribution >= 0.6 is 0 Å². The molecule has 110 valence electrons. The number of carbonyl (C=O) groups excluding carboxylic acids is 3. The number of rotatable bonds is 4. The lowest BCUT2D eigenvalue weighted by molar-refractivity contribution is 0.0508. The summed E-state index contributed by atoms with van der Waals surface area (Å²) in [6, 6.07) is 14.7. The van der Waals surface area contributed by atoms with Crippen LogP contribution in [-0.4, -0.2) is 40.3 Å². The molecule has 0 fully saturated rings. The lowest BCUT2D eigenvalue weighted by Crippen LogP contribution is -2.40. The van der Waals surface area contributed by atoms with E-state index in [4.69, 9.17) is 0 Å². The first-order valence-electron chi connectivity index (χ1n) is 6.82. The maximum atomic E-state index is 12.2. The Balaban J connectivity index is 1.79. The van der Waals surface area contributed by atoms with Crippen LogP contribution in [0.3, 0.4) is 0 Å². The van der Waals surface area contributed by atoms with Crippen molar-refractivity contribution in [3.05, 3.63) is 71.3 Å². The van der Waals surface area contributed by atoms with Gasteiger partial charge in [0.05, 0.1) is 17.7 Å². The first kappa shape index (κ1) is 14.2. The van der Waals surface area contributed by atoms with Crippen molar-refractivity contribution in [1.29, 1.82) is 0 Å². The highest BCUT2D eigenvalue weighted by Crippen LogP contribution is 2.22. The number of aliphatic hydroxyl groups excluding tert-OH is 1. The van der Waals surface area contributed by atoms with E-state index in [9.17, 15) is 19.5 Å². The second-order valence-corrected chi connectivity index (χ2v) is 5.01. The average molecular weight is 295 g/mol. The summed E-state index contributed by atoms with van der Waals surface area (Å²) in [7, 11) is 0. The van der Waals surface area contributed by atoms with Crippen LogP contribution in [-0.2, 0) is 0 Å². The number of nitrogens with zero attached hydrogens (tertiary/aromatic N) is 1. The maximum absolute atomic E-state index is 12.2. The number of amides is 2. The quantitative estimate of drug-likeness (QED) is 0.685. The summed E-state index contributed by atoms with van der Waals surface area (Å²) >= 11 is 0. The number of hydrogen-bond acceptors (Lipinski definition) is 4. The van der Waals surface area contributed by atoms with Crippen molar-refractivity contribution < 1.29 is 19.5 Å². The SMILES string of the molecule is O=C(c1ccccc1)C(O)CN1C(=O)c2ccccc2C1=O. The molecule has 1 aliphatic heterocycles. The van der Waals surface area contributed by atoms with Gasteiger partial charge in [0.15, 0.2) is 5.78 Å². The van der Waals surface area contributed by atoms with Crippen LogP contribution in [0.2, 0.25) is 0 Å². The van der Waals surface area contributed by atoms with Crippen LogP contribution in [0.4, 0.5) is 0 Å². The molecule has 3 rings (SSSR count). The molecule has 1 unspecified atom stereocenters. The fourth-order valence-electron chi connectivity index (χ4n) is 2.46. The van der Waals surface area contributed by atoms with E-state index in [1.54, 1.807) is 54.6 Å². The van der Waals surface area contributed by atoms with E-state index in [0.717, 1.165) is 4.90 Å². The number of ketones is 1. The number of hydrogen-bond donors (Lipinski definition) is 1. The molecule has 2 amide bonds. The topological polar surface area (TPSA) is 74.7 Å². The first-order chi connectivity index (χ1) is 10.6. The van der Waals surface area contributed by atoms with Crippen molar-refractivity contribution in [3.63, 3.8) is 0 Å². The number of benzene rings is 2. The van der Waals surface area contributed by atoms with Crippen molar-refractivity contribution in [2.45, 2.75) is 6.10 Å². The normalized spacial score (nSPS) is 14.9. The zero-order valence-electron chi connectivity index (χ0n) is 11.6. The van der Waals surface area contributed by atoms with E-state index in [2.05, 4.69) is 0 Å². The van der Waals surface area contributed by atoms with Crippen LogP contribution < -0.4 is 0 Å². The number of β-amino-alcohol motifs (C(OH)–C–C–N with tert-alkyl or cyclic N) is 1. The van der Waals surface area contributed by atoms with Gasteiger partial charge in [-0.1, -0.05) is 42.5 Å². The molecule has 1 aliphatic rings. The molecule has 1 N–H and O–H groups in total. The zero-order valence-corrected chi connectivity index (χ0v) is 11.6. The van der Waals surface area contributed by atoms with Crippen molar-refractivity contribution in [1.82, 2.24) is 4.90 Å². The lowest BCUT2D eigenvalue weighted by atomic mass is 10.1. The van der Waals surface area contributed by atoms with Gasteiger partial charge in [-0.25, -0.2) is 0 Å². The molecule has 0 bridgehead atoms. The molecule has 2 aromatic carbocycles. The number of aliphatic hydroxyl groups is 1. The van der Waals surface area contributed by atoms with Gasteiger partial charge in [-0.15, -0.1) is 0 Å². The van der Waals surface area contributed by atoms with E-state index < -0.39 is 23.7 Å². The van der Waals surface area contributed by atoms with Crippen molar-refractivity contribution >= 4 is 17.6 Å². The predicted octanol–water partition coefficient (Wildman–Crippen LogP) is 1.53. The number of fused-ring (bicyclic) bond motifs is 1. The minimum Gasteiger partial charge on any atom is -0.383 e. The van der Waals surface area contributed by atoms with Crippen LogP contribution in [0.5, 0.6) is 0 Å². The Bertz CT molecular complexity index is 719. The number of Topliss-reactive ketones (excluding diaryl/α,β-unsaturated/α-hetero) is 1.